The first kappa shape index (κ1) is 18.1. The monoisotopic (exact) mass is 417 g/mol. The standard InChI is InChI=1S/C14H19N5O2.HI/c1-19-9-16-7-11(19)8-17-14(15)18-10-4-5-12(20-2)13(6-10)21-3;/h4-7,9H,8H2,1-3H3,(H3,15,17,18);1H. The SMILES string of the molecule is COc1ccc(NC(N)=NCc2cncn2C)cc1OC.I. The summed E-state index contributed by atoms with van der Waals surface area (Å²) in [6.07, 6.45) is 3.48. The average molecular weight is 417 g/mol. The Balaban J connectivity index is 0.00000242. The van der Waals surface area contributed by atoms with Crippen molar-refractivity contribution in [1.29, 1.82) is 0 Å². The van der Waals surface area contributed by atoms with E-state index in [-0.39, 0.29) is 24.0 Å². The molecule has 0 saturated heterocycles. The second-order valence-corrected chi connectivity index (χ2v) is 4.39. The maximum Gasteiger partial charge on any atom is 0.193 e. The van der Waals surface area contributed by atoms with Crippen LogP contribution in [0.4, 0.5) is 5.69 Å². The fourth-order valence-electron chi connectivity index (χ4n) is 1.80. The third-order valence-electron chi connectivity index (χ3n) is 2.98. The number of aliphatic imine (C=N–C) groups is 1. The molecule has 0 amide bonds. The maximum absolute atomic E-state index is 5.87. The Morgan fingerprint density at radius 1 is 1.32 bits per heavy atom. The van der Waals surface area contributed by atoms with Gasteiger partial charge in [-0.15, -0.1) is 24.0 Å². The van der Waals surface area contributed by atoms with Gasteiger partial charge in [-0.3, -0.25) is 0 Å². The Bertz CT molecular complexity index is 642. The van der Waals surface area contributed by atoms with E-state index in [1.165, 1.54) is 0 Å². The minimum absolute atomic E-state index is 0. The molecule has 0 aliphatic rings. The van der Waals surface area contributed by atoms with Crippen LogP contribution in [0.3, 0.4) is 0 Å². The van der Waals surface area contributed by atoms with Gasteiger partial charge in [-0.1, -0.05) is 0 Å². The lowest BCUT2D eigenvalue weighted by atomic mass is 10.3. The quantitative estimate of drug-likeness (QED) is 0.442. The molecule has 0 unspecified atom stereocenters. The molecule has 0 bridgehead atoms. The van der Waals surface area contributed by atoms with Gasteiger partial charge in [-0.05, 0) is 12.1 Å². The molecule has 0 fully saturated rings. The highest BCUT2D eigenvalue weighted by Gasteiger charge is 2.05. The number of rotatable bonds is 5. The number of methoxy groups -OCH3 is 2. The van der Waals surface area contributed by atoms with Crippen molar-refractivity contribution in [2.75, 3.05) is 19.5 Å². The van der Waals surface area contributed by atoms with Crippen LogP contribution in [-0.4, -0.2) is 29.7 Å². The third kappa shape index (κ3) is 4.52. The molecule has 1 heterocycles. The Labute approximate surface area is 146 Å². The molecule has 0 aliphatic carbocycles. The number of imidazole rings is 1. The van der Waals surface area contributed by atoms with Gasteiger partial charge in [-0.2, -0.15) is 0 Å². The number of nitrogens with zero attached hydrogens (tertiary/aromatic N) is 3. The molecule has 120 valence electrons. The van der Waals surface area contributed by atoms with Crippen molar-refractivity contribution < 1.29 is 9.47 Å². The summed E-state index contributed by atoms with van der Waals surface area (Å²) in [6, 6.07) is 5.44. The number of aromatic nitrogens is 2. The van der Waals surface area contributed by atoms with E-state index in [0.717, 1.165) is 11.4 Å². The number of ether oxygens (including phenoxy) is 2. The van der Waals surface area contributed by atoms with Crippen LogP contribution in [0.15, 0.2) is 35.7 Å². The third-order valence-corrected chi connectivity index (χ3v) is 2.98. The van der Waals surface area contributed by atoms with Gasteiger partial charge in [-0.25, -0.2) is 9.98 Å². The Kier molecular flexibility index (Phi) is 6.96. The maximum atomic E-state index is 5.87. The predicted octanol–water partition coefficient (Wildman–Crippen LogP) is 1.98. The first-order valence-electron chi connectivity index (χ1n) is 6.38. The van der Waals surface area contributed by atoms with E-state index < -0.39 is 0 Å². The molecule has 0 spiro atoms. The molecule has 0 aliphatic heterocycles. The van der Waals surface area contributed by atoms with Crippen molar-refractivity contribution in [3.8, 4) is 11.5 Å². The van der Waals surface area contributed by atoms with Crippen LogP contribution in [0.1, 0.15) is 5.69 Å². The lowest BCUT2D eigenvalue weighted by Gasteiger charge is -2.11. The first-order valence-corrected chi connectivity index (χ1v) is 6.38. The molecule has 1 aromatic carbocycles. The van der Waals surface area contributed by atoms with Crippen molar-refractivity contribution >= 4 is 35.6 Å². The van der Waals surface area contributed by atoms with E-state index in [2.05, 4.69) is 15.3 Å². The molecule has 8 heteroatoms. The Morgan fingerprint density at radius 3 is 2.64 bits per heavy atom. The second-order valence-electron chi connectivity index (χ2n) is 4.39. The van der Waals surface area contributed by atoms with Crippen LogP contribution in [0.2, 0.25) is 0 Å². The minimum atomic E-state index is 0. The summed E-state index contributed by atoms with van der Waals surface area (Å²) in [5, 5.41) is 3.01. The largest absolute Gasteiger partial charge is 0.493 e. The number of guanidine groups is 1. The zero-order valence-corrected chi connectivity index (χ0v) is 15.1. The van der Waals surface area contributed by atoms with Gasteiger partial charge in [0.05, 0.1) is 39.0 Å². The fourth-order valence-corrected chi connectivity index (χ4v) is 1.80. The smallest absolute Gasteiger partial charge is 0.193 e. The number of aryl methyl sites for hydroxylation is 1. The van der Waals surface area contributed by atoms with Crippen LogP contribution in [0.25, 0.3) is 0 Å². The van der Waals surface area contributed by atoms with E-state index in [9.17, 15) is 0 Å². The van der Waals surface area contributed by atoms with Gasteiger partial charge in [0.15, 0.2) is 17.5 Å². The lowest BCUT2D eigenvalue weighted by molar-refractivity contribution is 0.355. The van der Waals surface area contributed by atoms with Crippen molar-refractivity contribution in [2.24, 2.45) is 17.8 Å². The van der Waals surface area contributed by atoms with Crippen LogP contribution in [-0.2, 0) is 13.6 Å². The lowest BCUT2D eigenvalue weighted by Crippen LogP contribution is -2.22. The molecule has 22 heavy (non-hydrogen) atoms. The summed E-state index contributed by atoms with van der Waals surface area (Å²) in [6.45, 7) is 0.461. The summed E-state index contributed by atoms with van der Waals surface area (Å²) in [5.74, 6) is 1.61. The number of benzene rings is 1. The zero-order valence-electron chi connectivity index (χ0n) is 12.7. The van der Waals surface area contributed by atoms with Gasteiger partial charge >= 0.3 is 0 Å². The van der Waals surface area contributed by atoms with E-state index in [4.69, 9.17) is 15.2 Å². The van der Waals surface area contributed by atoms with E-state index in [1.807, 2.05) is 17.7 Å². The van der Waals surface area contributed by atoms with Crippen molar-refractivity contribution in [2.45, 2.75) is 6.54 Å². The Morgan fingerprint density at radius 2 is 2.05 bits per heavy atom. The predicted molar refractivity (Wildman–Crippen MR) is 97.1 cm³/mol. The second kappa shape index (κ2) is 8.47. The van der Waals surface area contributed by atoms with E-state index >= 15 is 0 Å². The van der Waals surface area contributed by atoms with Crippen LogP contribution in [0, 0.1) is 0 Å². The number of nitrogens with one attached hydrogen (secondary N) is 1. The minimum Gasteiger partial charge on any atom is -0.493 e. The molecule has 2 aromatic rings. The summed E-state index contributed by atoms with van der Waals surface area (Å²) < 4.78 is 12.3. The Hall–Kier alpha value is -1.97. The highest BCUT2D eigenvalue weighted by Crippen LogP contribution is 2.29. The van der Waals surface area contributed by atoms with E-state index in [0.29, 0.717) is 24.0 Å². The molecular formula is C14H20IN5O2. The summed E-state index contributed by atoms with van der Waals surface area (Å²) >= 11 is 0. The molecular weight excluding hydrogens is 397 g/mol. The van der Waals surface area contributed by atoms with E-state index in [1.54, 1.807) is 38.9 Å². The van der Waals surface area contributed by atoms with Gasteiger partial charge in [0.1, 0.15) is 0 Å². The first-order chi connectivity index (χ1) is 10.1. The zero-order chi connectivity index (χ0) is 15.2. The van der Waals surface area contributed by atoms with Gasteiger partial charge < -0.3 is 25.1 Å². The summed E-state index contributed by atoms with van der Waals surface area (Å²) in [4.78, 5) is 8.30. The molecule has 7 nitrogen and oxygen atoms in total. The fraction of sp³-hybridized carbons (Fsp3) is 0.286. The summed E-state index contributed by atoms with van der Waals surface area (Å²) in [5.41, 5.74) is 7.63. The number of hydrogen-bond donors (Lipinski definition) is 2. The van der Waals surface area contributed by atoms with Gasteiger partial charge in [0.2, 0.25) is 0 Å². The molecule has 1 aromatic heterocycles. The topological polar surface area (TPSA) is 86.7 Å². The highest BCUT2D eigenvalue weighted by molar-refractivity contribution is 14.0. The summed E-state index contributed by atoms with van der Waals surface area (Å²) in [7, 11) is 5.09. The number of hydrogen-bond acceptors (Lipinski definition) is 4. The average Bonchev–Trinajstić information content (AvgIpc) is 2.90. The molecule has 0 radical (unpaired) electrons. The molecule has 2 rings (SSSR count). The normalized spacial score (nSPS) is 10.8. The van der Waals surface area contributed by atoms with Crippen molar-refractivity contribution in [3.63, 3.8) is 0 Å². The number of anilines is 1. The van der Waals surface area contributed by atoms with Gasteiger partial charge in [0, 0.05) is 18.8 Å². The van der Waals surface area contributed by atoms with Crippen LogP contribution < -0.4 is 20.5 Å². The van der Waals surface area contributed by atoms with Gasteiger partial charge in [0.25, 0.3) is 0 Å². The highest BCUT2D eigenvalue weighted by atomic mass is 127. The van der Waals surface area contributed by atoms with Crippen LogP contribution in [0.5, 0.6) is 11.5 Å². The van der Waals surface area contributed by atoms with Crippen LogP contribution >= 0.6 is 24.0 Å². The number of nitrogens with two attached hydrogens (primary N) is 1. The molecule has 0 atom stereocenters. The number of halogens is 1. The molecule has 3 N–H and O–H groups in total. The van der Waals surface area contributed by atoms with Crippen molar-refractivity contribution in [3.05, 3.63) is 36.4 Å². The molecule has 0 saturated carbocycles. The van der Waals surface area contributed by atoms with Crippen molar-refractivity contribution in [1.82, 2.24) is 9.55 Å².